The van der Waals surface area contributed by atoms with Crippen LogP contribution in [0.25, 0.3) is 16.8 Å². The number of fused-ring (bicyclic) bond motifs is 1. The Balaban J connectivity index is 1.60. The van der Waals surface area contributed by atoms with E-state index in [4.69, 9.17) is 0 Å². The molecule has 2 aromatic heterocycles. The van der Waals surface area contributed by atoms with Crippen LogP contribution < -0.4 is 0 Å². The molecule has 0 radical (unpaired) electrons. The molecule has 4 nitrogen and oxygen atoms in total. The van der Waals surface area contributed by atoms with Crippen LogP contribution in [0.3, 0.4) is 0 Å². The molecule has 28 heavy (non-hydrogen) atoms. The van der Waals surface area contributed by atoms with Gasteiger partial charge >= 0.3 is 0 Å². The molecule has 0 aliphatic heterocycles. The summed E-state index contributed by atoms with van der Waals surface area (Å²) in [5.74, 6) is -0.194. The topological polar surface area (TPSA) is 33.4 Å². The standard InChI is InChI=1S/C23H23FN4/c1-27(2)15-18-6-9-19(10-7-18)22-13-12-21(28-16-25-26-23(22)28)11-8-17-4-3-5-20(24)14-17/h3-7,9-10,12-14,16H,8,11,15H2,1-2H3. The van der Waals surface area contributed by atoms with Gasteiger partial charge in [-0.15, -0.1) is 10.2 Å². The molecule has 0 spiro atoms. The molecule has 0 bridgehead atoms. The molecule has 0 amide bonds. The summed E-state index contributed by atoms with van der Waals surface area (Å²) in [6, 6.07) is 19.6. The van der Waals surface area contributed by atoms with Gasteiger partial charge in [0.1, 0.15) is 12.1 Å². The second-order valence-electron chi connectivity index (χ2n) is 7.33. The van der Waals surface area contributed by atoms with E-state index in [1.807, 2.05) is 10.5 Å². The number of hydrogen-bond acceptors (Lipinski definition) is 3. The zero-order chi connectivity index (χ0) is 19.5. The van der Waals surface area contributed by atoms with Crippen LogP contribution in [-0.4, -0.2) is 33.6 Å². The van der Waals surface area contributed by atoms with Gasteiger partial charge < -0.3 is 4.90 Å². The number of aryl methyl sites for hydroxylation is 2. The van der Waals surface area contributed by atoms with E-state index in [1.165, 1.54) is 11.6 Å². The summed E-state index contributed by atoms with van der Waals surface area (Å²) in [6.45, 7) is 0.916. The zero-order valence-corrected chi connectivity index (χ0v) is 16.1. The van der Waals surface area contributed by atoms with Gasteiger partial charge in [-0.1, -0.05) is 36.4 Å². The second-order valence-corrected chi connectivity index (χ2v) is 7.33. The first-order chi connectivity index (χ1) is 13.6. The van der Waals surface area contributed by atoms with E-state index in [9.17, 15) is 4.39 Å². The molecule has 0 saturated heterocycles. The van der Waals surface area contributed by atoms with Gasteiger partial charge in [0.15, 0.2) is 5.65 Å². The molecular weight excluding hydrogens is 351 g/mol. The number of pyridine rings is 1. The third-order valence-electron chi connectivity index (χ3n) is 4.86. The highest BCUT2D eigenvalue weighted by Gasteiger charge is 2.10. The van der Waals surface area contributed by atoms with E-state index in [2.05, 4.69) is 65.6 Å². The van der Waals surface area contributed by atoms with Gasteiger partial charge in [0, 0.05) is 17.8 Å². The fourth-order valence-electron chi connectivity index (χ4n) is 3.51. The summed E-state index contributed by atoms with van der Waals surface area (Å²) >= 11 is 0. The van der Waals surface area contributed by atoms with Crippen molar-refractivity contribution >= 4 is 5.65 Å². The summed E-state index contributed by atoms with van der Waals surface area (Å²) < 4.78 is 15.4. The highest BCUT2D eigenvalue weighted by molar-refractivity contribution is 5.77. The van der Waals surface area contributed by atoms with E-state index in [-0.39, 0.29) is 5.82 Å². The lowest BCUT2D eigenvalue weighted by atomic mass is 10.0. The molecule has 4 aromatic rings. The Labute approximate surface area is 164 Å². The normalized spacial score (nSPS) is 11.4. The van der Waals surface area contributed by atoms with Gasteiger partial charge in [-0.05, 0) is 67.9 Å². The molecule has 142 valence electrons. The first-order valence-corrected chi connectivity index (χ1v) is 9.40. The predicted molar refractivity (Wildman–Crippen MR) is 110 cm³/mol. The summed E-state index contributed by atoms with van der Waals surface area (Å²) in [4.78, 5) is 2.15. The van der Waals surface area contributed by atoms with Crippen LogP contribution in [0, 0.1) is 5.82 Å². The Bertz CT molecular complexity index is 1080. The lowest BCUT2D eigenvalue weighted by Crippen LogP contribution is -2.10. The summed E-state index contributed by atoms with van der Waals surface area (Å²) in [7, 11) is 4.13. The molecule has 0 aliphatic rings. The average Bonchev–Trinajstić information content (AvgIpc) is 3.17. The number of halogens is 1. The highest BCUT2D eigenvalue weighted by atomic mass is 19.1. The first-order valence-electron chi connectivity index (χ1n) is 9.40. The SMILES string of the molecule is CN(C)Cc1ccc(-c2ccc(CCc3cccc(F)c3)n3cnnc23)cc1. The summed E-state index contributed by atoms with van der Waals surface area (Å²) in [5.41, 5.74) is 6.40. The van der Waals surface area contributed by atoms with E-state index in [0.717, 1.165) is 47.4 Å². The van der Waals surface area contributed by atoms with Crippen molar-refractivity contribution in [2.45, 2.75) is 19.4 Å². The van der Waals surface area contributed by atoms with E-state index in [1.54, 1.807) is 18.5 Å². The van der Waals surface area contributed by atoms with Crippen molar-refractivity contribution in [2.24, 2.45) is 0 Å². The molecule has 4 rings (SSSR count). The van der Waals surface area contributed by atoms with Crippen molar-refractivity contribution in [3.63, 3.8) is 0 Å². The maximum absolute atomic E-state index is 13.4. The molecule has 0 fully saturated rings. The molecule has 0 saturated carbocycles. The van der Waals surface area contributed by atoms with E-state index < -0.39 is 0 Å². The van der Waals surface area contributed by atoms with Crippen LogP contribution in [0.15, 0.2) is 67.0 Å². The number of rotatable bonds is 6. The van der Waals surface area contributed by atoms with Crippen molar-refractivity contribution in [1.29, 1.82) is 0 Å². The van der Waals surface area contributed by atoms with E-state index in [0.29, 0.717) is 0 Å². The van der Waals surface area contributed by atoms with Gasteiger partial charge in [0.25, 0.3) is 0 Å². The zero-order valence-electron chi connectivity index (χ0n) is 16.1. The lowest BCUT2D eigenvalue weighted by Gasteiger charge is -2.11. The molecule has 5 heteroatoms. The lowest BCUT2D eigenvalue weighted by molar-refractivity contribution is 0.402. The first kappa shape index (κ1) is 18.3. The van der Waals surface area contributed by atoms with Crippen molar-refractivity contribution in [1.82, 2.24) is 19.5 Å². The van der Waals surface area contributed by atoms with Gasteiger partial charge in [0.05, 0.1) is 0 Å². The minimum atomic E-state index is -0.194. The van der Waals surface area contributed by atoms with Crippen molar-refractivity contribution < 1.29 is 4.39 Å². The Morgan fingerprint density at radius 2 is 1.75 bits per heavy atom. The Morgan fingerprint density at radius 3 is 2.50 bits per heavy atom. The minimum absolute atomic E-state index is 0.194. The summed E-state index contributed by atoms with van der Waals surface area (Å²) in [6.07, 6.45) is 3.31. The van der Waals surface area contributed by atoms with Crippen molar-refractivity contribution in [2.75, 3.05) is 14.1 Å². The van der Waals surface area contributed by atoms with Gasteiger partial charge in [-0.3, -0.25) is 4.40 Å². The van der Waals surface area contributed by atoms with Crippen molar-refractivity contribution in [3.8, 4) is 11.1 Å². The van der Waals surface area contributed by atoms with Crippen LogP contribution in [0.4, 0.5) is 4.39 Å². The second kappa shape index (κ2) is 7.90. The number of benzene rings is 2. The molecule has 2 heterocycles. The number of hydrogen-bond donors (Lipinski definition) is 0. The Kier molecular flexibility index (Phi) is 5.17. The molecule has 0 N–H and O–H groups in total. The van der Waals surface area contributed by atoms with Gasteiger partial charge in [0.2, 0.25) is 0 Å². The van der Waals surface area contributed by atoms with Crippen molar-refractivity contribution in [3.05, 3.63) is 89.6 Å². The smallest absolute Gasteiger partial charge is 0.168 e. The monoisotopic (exact) mass is 374 g/mol. The molecular formula is C23H23FN4. The fourth-order valence-corrected chi connectivity index (χ4v) is 3.51. The third-order valence-corrected chi connectivity index (χ3v) is 4.86. The largest absolute Gasteiger partial charge is 0.305 e. The van der Waals surface area contributed by atoms with Crippen LogP contribution in [0.5, 0.6) is 0 Å². The minimum Gasteiger partial charge on any atom is -0.305 e. The maximum atomic E-state index is 13.4. The predicted octanol–water partition coefficient (Wildman–Crippen LogP) is 4.38. The number of aromatic nitrogens is 3. The third kappa shape index (κ3) is 3.94. The van der Waals surface area contributed by atoms with Gasteiger partial charge in [-0.2, -0.15) is 0 Å². The van der Waals surface area contributed by atoms with Crippen LogP contribution in [0.1, 0.15) is 16.8 Å². The quantitative estimate of drug-likeness (QED) is 0.502. The Morgan fingerprint density at radius 1 is 0.929 bits per heavy atom. The molecule has 0 aliphatic carbocycles. The maximum Gasteiger partial charge on any atom is 0.168 e. The van der Waals surface area contributed by atoms with Crippen LogP contribution >= 0.6 is 0 Å². The molecule has 0 atom stereocenters. The Hall–Kier alpha value is -3.05. The van der Waals surface area contributed by atoms with Crippen LogP contribution in [-0.2, 0) is 19.4 Å². The molecule has 2 aromatic carbocycles. The van der Waals surface area contributed by atoms with Gasteiger partial charge in [-0.25, -0.2) is 4.39 Å². The van der Waals surface area contributed by atoms with Crippen LogP contribution in [0.2, 0.25) is 0 Å². The molecule has 0 unspecified atom stereocenters. The fraction of sp³-hybridized carbons (Fsp3) is 0.217. The van der Waals surface area contributed by atoms with E-state index >= 15 is 0 Å². The highest BCUT2D eigenvalue weighted by Crippen LogP contribution is 2.25. The number of nitrogens with zero attached hydrogens (tertiary/aromatic N) is 4. The average molecular weight is 374 g/mol. The summed E-state index contributed by atoms with van der Waals surface area (Å²) in [5, 5.41) is 8.46.